The largest absolute Gasteiger partial charge is 0.377 e. The summed E-state index contributed by atoms with van der Waals surface area (Å²) in [5.74, 6) is -2.96. The van der Waals surface area contributed by atoms with Crippen LogP contribution in [-0.4, -0.2) is 46.1 Å². The lowest BCUT2D eigenvalue weighted by Crippen LogP contribution is -2.28. The van der Waals surface area contributed by atoms with Crippen molar-refractivity contribution in [2.75, 3.05) is 25.5 Å². The van der Waals surface area contributed by atoms with E-state index in [0.717, 1.165) is 36.8 Å². The van der Waals surface area contributed by atoms with E-state index in [9.17, 15) is 8.78 Å². The van der Waals surface area contributed by atoms with E-state index in [0.29, 0.717) is 41.6 Å². The van der Waals surface area contributed by atoms with Gasteiger partial charge in [-0.05, 0) is 58.2 Å². The SMILES string of the molecule is COCc1nc(N[C@H](C)c2cccc(C(C)(F)F)c2F)c2cc(C3CCN(C(C)C)C3)c(C)nc2n1. The minimum atomic E-state index is -3.28. The molecule has 0 saturated carbocycles. The van der Waals surface area contributed by atoms with Crippen LogP contribution in [0.3, 0.4) is 0 Å². The van der Waals surface area contributed by atoms with Crippen LogP contribution in [0.2, 0.25) is 0 Å². The number of fused-ring (bicyclic) bond motifs is 1. The number of aryl methyl sites for hydroxylation is 1. The molecule has 3 heterocycles. The molecule has 1 aliphatic heterocycles. The molecule has 1 unspecified atom stereocenters. The Morgan fingerprint density at radius 2 is 1.94 bits per heavy atom. The highest BCUT2D eigenvalue weighted by Crippen LogP contribution is 2.36. The van der Waals surface area contributed by atoms with Crippen LogP contribution in [0, 0.1) is 12.7 Å². The molecule has 1 aliphatic rings. The number of alkyl halides is 2. The van der Waals surface area contributed by atoms with Crippen molar-refractivity contribution in [3.8, 4) is 0 Å². The topological polar surface area (TPSA) is 63.2 Å². The van der Waals surface area contributed by atoms with E-state index in [1.807, 2.05) is 6.92 Å². The molecule has 1 saturated heterocycles. The lowest BCUT2D eigenvalue weighted by Gasteiger charge is -2.22. The molecule has 0 bridgehead atoms. The van der Waals surface area contributed by atoms with Crippen LogP contribution in [-0.2, 0) is 17.3 Å². The van der Waals surface area contributed by atoms with Crippen molar-refractivity contribution in [1.82, 2.24) is 19.9 Å². The number of methoxy groups -OCH3 is 1. The zero-order valence-corrected chi connectivity index (χ0v) is 21.7. The highest BCUT2D eigenvalue weighted by molar-refractivity contribution is 5.87. The van der Waals surface area contributed by atoms with Gasteiger partial charge in [-0.15, -0.1) is 0 Å². The highest BCUT2D eigenvalue weighted by Gasteiger charge is 2.31. The van der Waals surface area contributed by atoms with Gasteiger partial charge in [0.1, 0.15) is 18.2 Å². The maximum absolute atomic E-state index is 15.1. The maximum Gasteiger partial charge on any atom is 0.273 e. The van der Waals surface area contributed by atoms with E-state index in [-0.39, 0.29) is 12.2 Å². The number of halogens is 3. The van der Waals surface area contributed by atoms with Crippen molar-refractivity contribution < 1.29 is 17.9 Å². The molecule has 3 aromatic rings. The number of ether oxygens (including phenoxy) is 1. The van der Waals surface area contributed by atoms with Crippen molar-refractivity contribution >= 4 is 16.9 Å². The first-order valence-electron chi connectivity index (χ1n) is 12.3. The van der Waals surface area contributed by atoms with Crippen molar-refractivity contribution in [2.24, 2.45) is 0 Å². The number of nitrogens with one attached hydrogen (secondary N) is 1. The molecule has 1 aromatic carbocycles. The molecule has 194 valence electrons. The van der Waals surface area contributed by atoms with Gasteiger partial charge in [0, 0.05) is 37.9 Å². The number of benzene rings is 1. The third-order valence-corrected chi connectivity index (χ3v) is 6.95. The highest BCUT2D eigenvalue weighted by atomic mass is 19.3. The van der Waals surface area contributed by atoms with Gasteiger partial charge >= 0.3 is 0 Å². The molecule has 0 spiro atoms. The summed E-state index contributed by atoms with van der Waals surface area (Å²) < 4.78 is 48.2. The van der Waals surface area contributed by atoms with Gasteiger partial charge in [0.15, 0.2) is 11.5 Å². The number of nitrogens with zero attached hydrogens (tertiary/aromatic N) is 4. The normalized spacial score (nSPS) is 17.8. The van der Waals surface area contributed by atoms with Gasteiger partial charge in [0.05, 0.1) is 17.0 Å². The Kier molecular flexibility index (Phi) is 7.52. The molecule has 0 aliphatic carbocycles. The number of hydrogen-bond donors (Lipinski definition) is 1. The molecule has 2 aromatic heterocycles. The fourth-order valence-corrected chi connectivity index (χ4v) is 4.94. The zero-order chi connectivity index (χ0) is 26.2. The van der Waals surface area contributed by atoms with Gasteiger partial charge in [0.25, 0.3) is 5.92 Å². The summed E-state index contributed by atoms with van der Waals surface area (Å²) in [7, 11) is 1.55. The Hall–Kier alpha value is -2.78. The lowest BCUT2D eigenvalue weighted by atomic mass is 9.96. The Labute approximate surface area is 210 Å². The Balaban J connectivity index is 1.75. The number of anilines is 1. The van der Waals surface area contributed by atoms with E-state index in [2.05, 4.69) is 40.1 Å². The number of hydrogen-bond acceptors (Lipinski definition) is 6. The first-order valence-corrected chi connectivity index (χ1v) is 12.3. The summed E-state index contributed by atoms with van der Waals surface area (Å²) in [5, 5.41) is 3.95. The average molecular weight is 502 g/mol. The third-order valence-electron chi connectivity index (χ3n) is 6.95. The van der Waals surface area contributed by atoms with Gasteiger partial charge in [-0.25, -0.2) is 28.1 Å². The standard InChI is InChI=1S/C27H34F3N5O/c1-15(2)35-11-10-18(13-35)20-12-21-25(33-23(14-36-6)34-26(21)32-17(20)4)31-16(3)19-8-7-9-22(24(19)28)27(5,29)30/h7-9,12,15-16,18H,10-11,13-14H2,1-6H3,(H,31,32,33,34)/t16-,18?/m1/s1. The predicted octanol–water partition coefficient (Wildman–Crippen LogP) is 6.10. The van der Waals surface area contributed by atoms with Gasteiger partial charge in [0.2, 0.25) is 0 Å². The molecule has 6 nitrogen and oxygen atoms in total. The molecular formula is C27H34F3N5O. The molecule has 9 heteroatoms. The lowest BCUT2D eigenvalue weighted by molar-refractivity contribution is 0.0136. The van der Waals surface area contributed by atoms with Gasteiger partial charge in [-0.3, -0.25) is 0 Å². The summed E-state index contributed by atoms with van der Waals surface area (Å²) in [5.41, 5.74) is 2.09. The number of aromatic nitrogens is 3. The van der Waals surface area contributed by atoms with Crippen LogP contribution in [0.1, 0.15) is 74.3 Å². The van der Waals surface area contributed by atoms with Crippen molar-refractivity contribution in [3.05, 3.63) is 58.3 Å². The van der Waals surface area contributed by atoms with Gasteiger partial charge < -0.3 is 15.0 Å². The monoisotopic (exact) mass is 501 g/mol. The summed E-state index contributed by atoms with van der Waals surface area (Å²) in [6.07, 6.45) is 1.04. The van der Waals surface area contributed by atoms with E-state index >= 15 is 4.39 Å². The smallest absolute Gasteiger partial charge is 0.273 e. The van der Waals surface area contributed by atoms with Crippen LogP contribution >= 0.6 is 0 Å². The summed E-state index contributed by atoms with van der Waals surface area (Å²) in [6.45, 7) is 11.0. The minimum Gasteiger partial charge on any atom is -0.377 e. The van der Waals surface area contributed by atoms with Crippen LogP contribution < -0.4 is 5.32 Å². The quantitative estimate of drug-likeness (QED) is 0.402. The van der Waals surface area contributed by atoms with E-state index in [4.69, 9.17) is 9.72 Å². The Morgan fingerprint density at radius 1 is 1.19 bits per heavy atom. The first kappa shape index (κ1) is 26.3. The number of likely N-dealkylation sites (tertiary alicyclic amines) is 1. The summed E-state index contributed by atoms with van der Waals surface area (Å²) >= 11 is 0. The average Bonchev–Trinajstić information content (AvgIpc) is 3.28. The van der Waals surface area contributed by atoms with Crippen LogP contribution in [0.25, 0.3) is 11.0 Å². The Bertz CT molecular complexity index is 1240. The molecule has 36 heavy (non-hydrogen) atoms. The van der Waals surface area contributed by atoms with E-state index in [1.54, 1.807) is 14.0 Å². The predicted molar refractivity (Wildman–Crippen MR) is 135 cm³/mol. The molecule has 0 amide bonds. The second-order valence-corrected chi connectivity index (χ2v) is 9.99. The maximum atomic E-state index is 15.1. The Morgan fingerprint density at radius 3 is 2.58 bits per heavy atom. The fraction of sp³-hybridized carbons (Fsp3) is 0.519. The number of rotatable bonds is 8. The molecule has 1 N–H and O–H groups in total. The van der Waals surface area contributed by atoms with Crippen LogP contribution in [0.15, 0.2) is 24.3 Å². The molecule has 2 atom stereocenters. The summed E-state index contributed by atoms with van der Waals surface area (Å²) in [4.78, 5) is 16.5. The van der Waals surface area contributed by atoms with Gasteiger partial charge in [-0.2, -0.15) is 0 Å². The molecule has 0 radical (unpaired) electrons. The van der Waals surface area contributed by atoms with Crippen molar-refractivity contribution in [3.63, 3.8) is 0 Å². The van der Waals surface area contributed by atoms with Crippen LogP contribution in [0.5, 0.6) is 0 Å². The molecule has 4 rings (SSSR count). The molecular weight excluding hydrogens is 467 g/mol. The minimum absolute atomic E-state index is 0.137. The number of pyridine rings is 1. The van der Waals surface area contributed by atoms with Crippen molar-refractivity contribution in [1.29, 1.82) is 0 Å². The second-order valence-electron chi connectivity index (χ2n) is 9.99. The summed E-state index contributed by atoms with van der Waals surface area (Å²) in [6, 6.07) is 5.99. The third kappa shape index (κ3) is 5.32. The van der Waals surface area contributed by atoms with E-state index < -0.39 is 23.3 Å². The van der Waals surface area contributed by atoms with E-state index in [1.165, 1.54) is 12.1 Å². The second kappa shape index (κ2) is 10.3. The fourth-order valence-electron chi connectivity index (χ4n) is 4.94. The van der Waals surface area contributed by atoms with Crippen LogP contribution in [0.4, 0.5) is 19.0 Å². The zero-order valence-electron chi connectivity index (χ0n) is 21.7. The van der Waals surface area contributed by atoms with Gasteiger partial charge in [-0.1, -0.05) is 18.2 Å². The molecule has 1 fully saturated rings. The first-order chi connectivity index (χ1) is 17.0. The van der Waals surface area contributed by atoms with Crippen molar-refractivity contribution in [2.45, 2.75) is 71.6 Å².